The third-order valence-electron chi connectivity index (χ3n) is 3.27. The van der Waals surface area contributed by atoms with Crippen LogP contribution < -0.4 is 0 Å². The summed E-state index contributed by atoms with van der Waals surface area (Å²) in [6.45, 7) is 5.71. The van der Waals surface area contributed by atoms with Gasteiger partial charge < -0.3 is 19.6 Å². The molecule has 0 heterocycles. The number of amides is 2. The lowest BCUT2D eigenvalue weighted by molar-refractivity contribution is -0.144. The number of hydrogen-bond acceptors (Lipinski definition) is 4. The minimum Gasteiger partial charge on any atom is -0.481 e. The lowest BCUT2D eigenvalue weighted by atomic mass is 10.3. The highest BCUT2D eigenvalue weighted by molar-refractivity contribution is 5.82. The number of esters is 1. The summed E-state index contributed by atoms with van der Waals surface area (Å²) in [5.41, 5.74) is 0. The summed E-state index contributed by atoms with van der Waals surface area (Å²) in [7, 11) is 0. The van der Waals surface area contributed by atoms with Gasteiger partial charge in [-0.2, -0.15) is 0 Å². The third kappa shape index (κ3) is 5.61. The highest BCUT2D eigenvalue weighted by Gasteiger charge is 2.37. The average molecular weight is 300 g/mol. The van der Waals surface area contributed by atoms with Crippen molar-refractivity contribution >= 4 is 18.0 Å². The summed E-state index contributed by atoms with van der Waals surface area (Å²) in [4.78, 5) is 37.9. The Morgan fingerprint density at radius 2 is 1.90 bits per heavy atom. The summed E-state index contributed by atoms with van der Waals surface area (Å²) in [5.74, 6) is -1.38. The summed E-state index contributed by atoms with van der Waals surface area (Å²) < 4.78 is 4.89. The Morgan fingerprint density at radius 1 is 1.29 bits per heavy atom. The van der Waals surface area contributed by atoms with Crippen molar-refractivity contribution < 1.29 is 24.2 Å². The summed E-state index contributed by atoms with van der Waals surface area (Å²) in [5, 5.41) is 8.78. The maximum absolute atomic E-state index is 12.6. The molecule has 1 rings (SSSR count). The Hall–Kier alpha value is -1.79. The van der Waals surface area contributed by atoms with Crippen molar-refractivity contribution in [1.82, 2.24) is 9.80 Å². The first-order valence-corrected chi connectivity index (χ1v) is 7.31. The summed E-state index contributed by atoms with van der Waals surface area (Å²) in [6.07, 6.45) is 1.63. The zero-order valence-electron chi connectivity index (χ0n) is 12.9. The fraction of sp³-hybridized carbons (Fsp3) is 0.786. The number of urea groups is 1. The molecule has 1 aliphatic rings. The number of ether oxygens (including phenoxy) is 1. The molecule has 1 saturated carbocycles. The fourth-order valence-corrected chi connectivity index (χ4v) is 2.04. The summed E-state index contributed by atoms with van der Waals surface area (Å²) >= 11 is 0. The predicted octanol–water partition coefficient (Wildman–Crippen LogP) is 1.32. The molecule has 0 aromatic carbocycles. The minimum atomic E-state index is -0.947. The van der Waals surface area contributed by atoms with E-state index >= 15 is 0 Å². The van der Waals surface area contributed by atoms with Gasteiger partial charge in [-0.15, -0.1) is 0 Å². The van der Waals surface area contributed by atoms with E-state index in [2.05, 4.69) is 0 Å². The van der Waals surface area contributed by atoms with Crippen LogP contribution in [0.2, 0.25) is 0 Å². The molecule has 0 aromatic rings. The SMILES string of the molecule is CCOC(=O)CN(C(=O)N(CCC(=O)O)C(C)C)C1CC1. The van der Waals surface area contributed by atoms with Crippen LogP contribution in [0.5, 0.6) is 0 Å². The van der Waals surface area contributed by atoms with E-state index in [0.29, 0.717) is 0 Å². The van der Waals surface area contributed by atoms with Gasteiger partial charge in [0, 0.05) is 18.6 Å². The molecule has 1 N–H and O–H groups in total. The second kappa shape index (κ2) is 7.85. The number of carboxylic acid groups (broad SMARTS) is 1. The molecule has 0 aliphatic heterocycles. The molecule has 2 amide bonds. The minimum absolute atomic E-state index is 0.0629. The monoisotopic (exact) mass is 300 g/mol. The van der Waals surface area contributed by atoms with Crippen molar-refractivity contribution in [2.24, 2.45) is 0 Å². The van der Waals surface area contributed by atoms with E-state index < -0.39 is 11.9 Å². The zero-order valence-corrected chi connectivity index (χ0v) is 12.9. The van der Waals surface area contributed by atoms with Gasteiger partial charge in [0.05, 0.1) is 13.0 Å². The molecule has 0 radical (unpaired) electrons. The highest BCUT2D eigenvalue weighted by atomic mass is 16.5. The van der Waals surface area contributed by atoms with Crippen LogP contribution in [-0.2, 0) is 14.3 Å². The van der Waals surface area contributed by atoms with Gasteiger partial charge in [0.1, 0.15) is 6.54 Å². The van der Waals surface area contributed by atoms with Crippen molar-refractivity contribution in [2.75, 3.05) is 19.7 Å². The molecule has 1 aliphatic carbocycles. The molecule has 21 heavy (non-hydrogen) atoms. The van der Waals surface area contributed by atoms with Crippen LogP contribution >= 0.6 is 0 Å². The van der Waals surface area contributed by atoms with E-state index in [0.717, 1.165) is 12.8 Å². The van der Waals surface area contributed by atoms with Gasteiger partial charge in [-0.05, 0) is 33.6 Å². The van der Waals surface area contributed by atoms with Gasteiger partial charge >= 0.3 is 18.0 Å². The van der Waals surface area contributed by atoms with Crippen LogP contribution in [0.25, 0.3) is 0 Å². The standard InChI is InChI=1S/C14H24N2O5/c1-4-21-13(19)9-16(11-5-6-11)14(20)15(10(2)3)8-7-12(17)18/h10-11H,4-9H2,1-3H3,(H,17,18). The number of carbonyl (C=O) groups is 3. The number of carboxylic acids is 1. The molecule has 120 valence electrons. The van der Waals surface area contributed by atoms with Crippen molar-refractivity contribution in [3.8, 4) is 0 Å². The van der Waals surface area contributed by atoms with Gasteiger partial charge in [0.25, 0.3) is 0 Å². The highest BCUT2D eigenvalue weighted by Crippen LogP contribution is 2.28. The normalized spacial score (nSPS) is 13.9. The first kappa shape index (κ1) is 17.3. The van der Waals surface area contributed by atoms with E-state index in [9.17, 15) is 14.4 Å². The largest absolute Gasteiger partial charge is 0.481 e. The first-order valence-electron chi connectivity index (χ1n) is 7.31. The van der Waals surface area contributed by atoms with Gasteiger partial charge in [-0.3, -0.25) is 9.59 Å². The van der Waals surface area contributed by atoms with Crippen LogP contribution in [0.1, 0.15) is 40.0 Å². The number of carbonyl (C=O) groups excluding carboxylic acids is 2. The average Bonchev–Trinajstić information content (AvgIpc) is 3.19. The fourth-order valence-electron chi connectivity index (χ4n) is 2.04. The smallest absolute Gasteiger partial charge is 0.325 e. The molecule has 0 atom stereocenters. The molecular weight excluding hydrogens is 276 g/mol. The van der Waals surface area contributed by atoms with Gasteiger partial charge in [-0.1, -0.05) is 0 Å². The number of hydrogen-bond donors (Lipinski definition) is 1. The molecular formula is C14H24N2O5. The molecule has 0 spiro atoms. The Balaban J connectivity index is 2.71. The molecule has 1 fully saturated rings. The lowest BCUT2D eigenvalue weighted by Gasteiger charge is -2.32. The zero-order chi connectivity index (χ0) is 16.0. The Kier molecular flexibility index (Phi) is 6.45. The van der Waals surface area contributed by atoms with Crippen LogP contribution in [0.15, 0.2) is 0 Å². The van der Waals surface area contributed by atoms with Crippen molar-refractivity contribution in [3.05, 3.63) is 0 Å². The third-order valence-corrected chi connectivity index (χ3v) is 3.27. The van der Waals surface area contributed by atoms with Crippen molar-refractivity contribution in [2.45, 2.75) is 52.1 Å². The Morgan fingerprint density at radius 3 is 2.33 bits per heavy atom. The van der Waals surface area contributed by atoms with Gasteiger partial charge in [-0.25, -0.2) is 4.79 Å². The van der Waals surface area contributed by atoms with Crippen LogP contribution in [0.4, 0.5) is 4.79 Å². The molecule has 7 nitrogen and oxygen atoms in total. The van der Waals surface area contributed by atoms with E-state index in [1.807, 2.05) is 13.8 Å². The Labute approximate surface area is 124 Å². The van der Waals surface area contributed by atoms with E-state index in [1.54, 1.807) is 6.92 Å². The maximum atomic E-state index is 12.6. The van der Waals surface area contributed by atoms with Crippen LogP contribution in [-0.4, -0.2) is 64.7 Å². The summed E-state index contributed by atoms with van der Waals surface area (Å²) in [6, 6.07) is -0.352. The number of rotatable bonds is 8. The van der Waals surface area contributed by atoms with Crippen molar-refractivity contribution in [1.29, 1.82) is 0 Å². The van der Waals surface area contributed by atoms with Crippen molar-refractivity contribution in [3.63, 3.8) is 0 Å². The predicted molar refractivity (Wildman–Crippen MR) is 75.9 cm³/mol. The first-order chi connectivity index (χ1) is 9.86. The lowest BCUT2D eigenvalue weighted by Crippen LogP contribution is -2.49. The second-order valence-corrected chi connectivity index (χ2v) is 5.38. The molecule has 7 heteroatoms. The number of aliphatic carboxylic acids is 1. The number of nitrogens with zero attached hydrogens (tertiary/aromatic N) is 2. The molecule has 0 saturated heterocycles. The quantitative estimate of drug-likeness (QED) is 0.683. The van der Waals surface area contributed by atoms with E-state index in [1.165, 1.54) is 9.80 Å². The topological polar surface area (TPSA) is 87.2 Å². The second-order valence-electron chi connectivity index (χ2n) is 5.38. The Bertz CT molecular complexity index is 393. The molecule has 0 unspecified atom stereocenters. The van der Waals surface area contributed by atoms with Crippen LogP contribution in [0.3, 0.4) is 0 Å². The van der Waals surface area contributed by atoms with Gasteiger partial charge in [0.15, 0.2) is 0 Å². The molecule has 0 bridgehead atoms. The maximum Gasteiger partial charge on any atom is 0.325 e. The van der Waals surface area contributed by atoms with Gasteiger partial charge in [0.2, 0.25) is 0 Å². The van der Waals surface area contributed by atoms with Crippen LogP contribution in [0, 0.1) is 0 Å². The van der Waals surface area contributed by atoms with E-state index in [-0.39, 0.29) is 44.2 Å². The molecule has 0 aromatic heterocycles. The van der Waals surface area contributed by atoms with E-state index in [4.69, 9.17) is 9.84 Å².